The molecule has 6 nitrogen and oxygen atoms in total. The van der Waals surface area contributed by atoms with Gasteiger partial charge in [-0.3, -0.25) is 9.48 Å². The Morgan fingerprint density at radius 3 is 2.53 bits per heavy atom. The highest BCUT2D eigenvalue weighted by atomic mass is 16.4. The summed E-state index contributed by atoms with van der Waals surface area (Å²) in [6.07, 6.45) is 2.87. The van der Waals surface area contributed by atoms with Gasteiger partial charge in [0.2, 0.25) is 0 Å². The number of hydrogen-bond donors (Lipinski definition) is 1. The van der Waals surface area contributed by atoms with Crippen molar-refractivity contribution in [1.82, 2.24) is 14.7 Å². The second kappa shape index (κ2) is 5.47. The van der Waals surface area contributed by atoms with Gasteiger partial charge in [0.15, 0.2) is 0 Å². The monoisotopic (exact) mass is 239 g/mol. The minimum atomic E-state index is -0.977. The molecule has 1 atom stereocenters. The van der Waals surface area contributed by atoms with Crippen molar-refractivity contribution in [2.24, 2.45) is 0 Å². The second-order valence-corrected chi connectivity index (χ2v) is 3.70. The number of carbonyl (C=O) groups excluding carboxylic acids is 1. The van der Waals surface area contributed by atoms with E-state index in [1.807, 2.05) is 13.8 Å². The topological polar surface area (TPSA) is 75.4 Å². The van der Waals surface area contributed by atoms with E-state index in [0.717, 1.165) is 0 Å². The van der Waals surface area contributed by atoms with Crippen LogP contribution in [-0.4, -0.2) is 44.8 Å². The molecular formula is C11H17N3O3. The Morgan fingerprint density at radius 1 is 1.47 bits per heavy atom. The molecule has 0 spiro atoms. The quantitative estimate of drug-likeness (QED) is 0.832. The summed E-state index contributed by atoms with van der Waals surface area (Å²) in [5.41, 5.74) is 0.418. The van der Waals surface area contributed by atoms with Crippen molar-refractivity contribution in [3.8, 4) is 0 Å². The van der Waals surface area contributed by atoms with Gasteiger partial charge in [-0.2, -0.15) is 5.10 Å². The molecule has 0 saturated heterocycles. The first-order chi connectivity index (χ1) is 8.01. The largest absolute Gasteiger partial charge is 0.480 e. The Balaban J connectivity index is 2.87. The number of rotatable bonds is 5. The number of carboxylic acids is 1. The molecule has 94 valence electrons. The number of aliphatic carboxylic acids is 1. The van der Waals surface area contributed by atoms with E-state index in [2.05, 4.69) is 5.10 Å². The van der Waals surface area contributed by atoms with E-state index in [1.54, 1.807) is 4.90 Å². The molecule has 0 bridgehead atoms. The predicted molar refractivity (Wildman–Crippen MR) is 61.8 cm³/mol. The van der Waals surface area contributed by atoms with Crippen molar-refractivity contribution in [2.45, 2.75) is 26.8 Å². The minimum Gasteiger partial charge on any atom is -0.480 e. The maximum atomic E-state index is 11.9. The molecule has 1 aromatic rings. The highest BCUT2D eigenvalue weighted by molar-refractivity contribution is 5.93. The van der Waals surface area contributed by atoms with Crippen LogP contribution in [0.2, 0.25) is 0 Å². The molecule has 17 heavy (non-hydrogen) atoms. The number of amides is 1. The van der Waals surface area contributed by atoms with Crippen LogP contribution in [0.5, 0.6) is 0 Å². The van der Waals surface area contributed by atoms with Crippen LogP contribution >= 0.6 is 0 Å². The number of hydrogen-bond acceptors (Lipinski definition) is 3. The first-order valence-corrected chi connectivity index (χ1v) is 5.57. The zero-order chi connectivity index (χ0) is 13.0. The fraction of sp³-hybridized carbons (Fsp3) is 0.545. The Bertz CT molecular complexity index is 410. The fourth-order valence-electron chi connectivity index (χ4n) is 1.47. The van der Waals surface area contributed by atoms with E-state index >= 15 is 0 Å². The lowest BCUT2D eigenvalue weighted by atomic mass is 10.3. The Morgan fingerprint density at radius 2 is 2.06 bits per heavy atom. The molecule has 1 N–H and O–H groups in total. The Hall–Kier alpha value is -1.85. The van der Waals surface area contributed by atoms with E-state index in [1.165, 1.54) is 24.0 Å². The molecular weight excluding hydrogens is 222 g/mol. The van der Waals surface area contributed by atoms with Gasteiger partial charge in [0.05, 0.1) is 11.8 Å². The van der Waals surface area contributed by atoms with Crippen LogP contribution in [0.15, 0.2) is 12.4 Å². The lowest BCUT2D eigenvalue weighted by Crippen LogP contribution is -2.30. The molecule has 0 aliphatic heterocycles. The summed E-state index contributed by atoms with van der Waals surface area (Å²) >= 11 is 0. The minimum absolute atomic E-state index is 0.126. The summed E-state index contributed by atoms with van der Waals surface area (Å²) in [5.74, 6) is -1.10. The van der Waals surface area contributed by atoms with Crippen molar-refractivity contribution in [2.75, 3.05) is 13.1 Å². The highest BCUT2D eigenvalue weighted by Crippen LogP contribution is 2.09. The number of carbonyl (C=O) groups is 2. The fourth-order valence-corrected chi connectivity index (χ4v) is 1.47. The average Bonchev–Trinajstić information content (AvgIpc) is 2.78. The number of aromatic nitrogens is 2. The molecule has 0 radical (unpaired) electrons. The zero-order valence-electron chi connectivity index (χ0n) is 10.3. The van der Waals surface area contributed by atoms with Crippen LogP contribution in [0.1, 0.15) is 37.2 Å². The average molecular weight is 239 g/mol. The lowest BCUT2D eigenvalue weighted by Gasteiger charge is -2.17. The van der Waals surface area contributed by atoms with E-state index in [4.69, 9.17) is 5.11 Å². The first kappa shape index (κ1) is 13.2. The molecule has 1 rings (SSSR count). The number of nitrogens with zero attached hydrogens (tertiary/aromatic N) is 3. The molecule has 1 amide bonds. The zero-order valence-corrected chi connectivity index (χ0v) is 10.3. The van der Waals surface area contributed by atoms with Crippen LogP contribution in [0.25, 0.3) is 0 Å². The van der Waals surface area contributed by atoms with Gasteiger partial charge >= 0.3 is 5.97 Å². The predicted octanol–water partition coefficient (Wildman–Crippen LogP) is 1.01. The molecule has 0 saturated carbocycles. The molecule has 0 aromatic carbocycles. The van der Waals surface area contributed by atoms with E-state index < -0.39 is 12.0 Å². The van der Waals surface area contributed by atoms with Crippen molar-refractivity contribution >= 4 is 11.9 Å². The molecule has 0 aliphatic carbocycles. The lowest BCUT2D eigenvalue weighted by molar-refractivity contribution is -0.140. The third-order valence-corrected chi connectivity index (χ3v) is 2.65. The number of carboxylic acid groups (broad SMARTS) is 1. The SMILES string of the molecule is CCN(CC)C(=O)c1cnn(C(C)C(=O)O)c1. The van der Waals surface area contributed by atoms with Crippen LogP contribution in [0.4, 0.5) is 0 Å². The highest BCUT2D eigenvalue weighted by Gasteiger charge is 2.18. The van der Waals surface area contributed by atoms with Crippen LogP contribution in [0.3, 0.4) is 0 Å². The van der Waals surface area contributed by atoms with Crippen molar-refractivity contribution in [3.63, 3.8) is 0 Å². The van der Waals surface area contributed by atoms with Crippen LogP contribution in [-0.2, 0) is 4.79 Å². The first-order valence-electron chi connectivity index (χ1n) is 5.57. The normalized spacial score (nSPS) is 12.2. The molecule has 1 unspecified atom stereocenters. The Labute approximate surface area is 99.8 Å². The second-order valence-electron chi connectivity index (χ2n) is 3.70. The molecule has 0 aliphatic rings. The van der Waals surface area contributed by atoms with Gasteiger partial charge < -0.3 is 10.0 Å². The van der Waals surface area contributed by atoms with Gasteiger partial charge in [0.1, 0.15) is 6.04 Å². The standard InChI is InChI=1S/C11H17N3O3/c1-4-13(5-2)10(15)9-6-12-14(7-9)8(3)11(16)17/h6-8H,4-5H2,1-3H3,(H,16,17). The third kappa shape index (κ3) is 2.83. The van der Waals surface area contributed by atoms with Crippen LogP contribution < -0.4 is 0 Å². The maximum absolute atomic E-state index is 11.9. The third-order valence-electron chi connectivity index (χ3n) is 2.65. The summed E-state index contributed by atoms with van der Waals surface area (Å²) in [4.78, 5) is 24.4. The van der Waals surface area contributed by atoms with E-state index in [-0.39, 0.29) is 5.91 Å². The molecule has 1 aromatic heterocycles. The van der Waals surface area contributed by atoms with Gasteiger partial charge in [-0.1, -0.05) is 0 Å². The molecule has 6 heteroatoms. The summed E-state index contributed by atoms with van der Waals surface area (Å²) < 4.78 is 1.28. The van der Waals surface area contributed by atoms with E-state index in [0.29, 0.717) is 18.7 Å². The summed E-state index contributed by atoms with van der Waals surface area (Å²) in [6, 6.07) is -0.770. The summed E-state index contributed by atoms with van der Waals surface area (Å²) in [6.45, 7) is 6.54. The smallest absolute Gasteiger partial charge is 0.328 e. The summed E-state index contributed by atoms with van der Waals surface area (Å²) in [7, 11) is 0. The van der Waals surface area contributed by atoms with Gasteiger partial charge in [-0.15, -0.1) is 0 Å². The summed E-state index contributed by atoms with van der Waals surface area (Å²) in [5, 5.41) is 12.7. The molecule has 1 heterocycles. The van der Waals surface area contributed by atoms with Gasteiger partial charge in [-0.25, -0.2) is 4.79 Å². The van der Waals surface area contributed by atoms with Crippen molar-refractivity contribution < 1.29 is 14.7 Å². The van der Waals surface area contributed by atoms with Crippen molar-refractivity contribution in [1.29, 1.82) is 0 Å². The Kier molecular flexibility index (Phi) is 4.25. The van der Waals surface area contributed by atoms with Gasteiger partial charge in [-0.05, 0) is 20.8 Å². The van der Waals surface area contributed by atoms with Crippen molar-refractivity contribution in [3.05, 3.63) is 18.0 Å². The van der Waals surface area contributed by atoms with Gasteiger partial charge in [0.25, 0.3) is 5.91 Å². The van der Waals surface area contributed by atoms with Gasteiger partial charge in [0, 0.05) is 19.3 Å². The maximum Gasteiger partial charge on any atom is 0.328 e. The van der Waals surface area contributed by atoms with Crippen LogP contribution in [0, 0.1) is 0 Å². The molecule has 0 fully saturated rings. The van der Waals surface area contributed by atoms with E-state index in [9.17, 15) is 9.59 Å².